The fourth-order valence-corrected chi connectivity index (χ4v) is 2.54. The molecule has 3 aliphatic rings. The predicted molar refractivity (Wildman–Crippen MR) is 73.5 cm³/mol. The number of ketones is 1. The van der Waals surface area contributed by atoms with Crippen LogP contribution in [0.2, 0.25) is 0 Å². The van der Waals surface area contributed by atoms with Crippen molar-refractivity contribution in [2.24, 2.45) is 10.9 Å². The van der Waals surface area contributed by atoms with Gasteiger partial charge in [-0.3, -0.25) is 9.79 Å². The number of hydrogen-bond donors (Lipinski definition) is 0. The van der Waals surface area contributed by atoms with E-state index in [1.165, 1.54) is 12.1 Å². The molecular formula is C16H10FNO3. The van der Waals surface area contributed by atoms with Crippen molar-refractivity contribution in [2.45, 2.75) is 0 Å². The van der Waals surface area contributed by atoms with Crippen LogP contribution >= 0.6 is 0 Å². The van der Waals surface area contributed by atoms with Gasteiger partial charge < -0.3 is 9.47 Å². The molecule has 1 unspecified atom stereocenters. The molecule has 2 heterocycles. The SMILES string of the molecule is O=C1C=C(c2ccccc2F)N=C2C=C3OCOC3=CC12. The highest BCUT2D eigenvalue weighted by atomic mass is 19.1. The molecule has 0 bridgehead atoms. The third kappa shape index (κ3) is 1.89. The standard InChI is InChI=1S/C16H10FNO3/c17-11-4-2-1-3-9(11)12-6-14(19)10-5-15-16(21-8-20-15)7-13(10)18-12/h1-7,10H,8H2. The van der Waals surface area contributed by atoms with Crippen molar-refractivity contribution in [3.8, 4) is 0 Å². The second-order valence-corrected chi connectivity index (χ2v) is 4.87. The van der Waals surface area contributed by atoms with Gasteiger partial charge in [-0.25, -0.2) is 4.39 Å². The summed E-state index contributed by atoms with van der Waals surface area (Å²) in [5, 5.41) is 0. The molecule has 1 aliphatic carbocycles. The van der Waals surface area contributed by atoms with Gasteiger partial charge in [-0.05, 0) is 18.2 Å². The number of carbonyl (C=O) groups is 1. The Hall–Kier alpha value is -2.69. The van der Waals surface area contributed by atoms with E-state index in [4.69, 9.17) is 9.47 Å². The number of halogens is 1. The zero-order valence-corrected chi connectivity index (χ0v) is 10.9. The predicted octanol–water partition coefficient (Wildman–Crippen LogP) is 2.59. The van der Waals surface area contributed by atoms with Crippen LogP contribution in [-0.4, -0.2) is 18.3 Å². The fourth-order valence-electron chi connectivity index (χ4n) is 2.54. The van der Waals surface area contributed by atoms with Crippen LogP contribution in [0.3, 0.4) is 0 Å². The summed E-state index contributed by atoms with van der Waals surface area (Å²) < 4.78 is 24.4. The van der Waals surface area contributed by atoms with E-state index in [9.17, 15) is 9.18 Å². The minimum absolute atomic E-state index is 0.138. The lowest BCUT2D eigenvalue weighted by Gasteiger charge is -2.20. The smallest absolute Gasteiger partial charge is 0.231 e. The van der Waals surface area contributed by atoms with Crippen LogP contribution in [0.4, 0.5) is 4.39 Å². The summed E-state index contributed by atoms with van der Waals surface area (Å²) in [5.74, 6) is 0.0969. The lowest BCUT2D eigenvalue weighted by Crippen LogP contribution is -2.26. The zero-order chi connectivity index (χ0) is 14.4. The van der Waals surface area contributed by atoms with Crippen molar-refractivity contribution >= 4 is 17.2 Å². The first-order valence-corrected chi connectivity index (χ1v) is 6.51. The van der Waals surface area contributed by atoms with Crippen LogP contribution in [0.5, 0.6) is 0 Å². The average molecular weight is 283 g/mol. The summed E-state index contributed by atoms with van der Waals surface area (Å²) >= 11 is 0. The van der Waals surface area contributed by atoms with Gasteiger partial charge >= 0.3 is 0 Å². The van der Waals surface area contributed by atoms with Crippen molar-refractivity contribution in [1.29, 1.82) is 0 Å². The van der Waals surface area contributed by atoms with E-state index >= 15 is 0 Å². The fraction of sp³-hybridized carbons (Fsp3) is 0.125. The molecule has 4 nitrogen and oxygen atoms in total. The maximum Gasteiger partial charge on any atom is 0.231 e. The van der Waals surface area contributed by atoms with E-state index in [1.54, 1.807) is 30.4 Å². The Morgan fingerprint density at radius 2 is 1.95 bits per heavy atom. The Morgan fingerprint density at radius 3 is 2.81 bits per heavy atom. The van der Waals surface area contributed by atoms with Crippen LogP contribution in [0.25, 0.3) is 5.70 Å². The topological polar surface area (TPSA) is 47.9 Å². The van der Waals surface area contributed by atoms with Gasteiger partial charge in [0.2, 0.25) is 6.79 Å². The van der Waals surface area contributed by atoms with Crippen LogP contribution in [0.1, 0.15) is 5.56 Å². The van der Waals surface area contributed by atoms with Gasteiger partial charge in [-0.2, -0.15) is 0 Å². The minimum Gasteiger partial charge on any atom is -0.454 e. The van der Waals surface area contributed by atoms with Crippen molar-refractivity contribution in [3.63, 3.8) is 0 Å². The van der Waals surface area contributed by atoms with Crippen molar-refractivity contribution in [1.82, 2.24) is 0 Å². The first kappa shape index (κ1) is 12.1. The minimum atomic E-state index is -0.485. The highest BCUT2D eigenvalue weighted by Crippen LogP contribution is 2.33. The number of nitrogens with zero attached hydrogens (tertiary/aromatic N) is 1. The van der Waals surface area contributed by atoms with Crippen LogP contribution in [0, 0.1) is 11.7 Å². The Morgan fingerprint density at radius 1 is 1.14 bits per heavy atom. The number of aliphatic imine (C=N–C) groups is 1. The number of benzene rings is 1. The summed E-state index contributed by atoms with van der Waals surface area (Å²) in [6.45, 7) is 0.138. The van der Waals surface area contributed by atoms with Gasteiger partial charge in [-0.15, -0.1) is 0 Å². The molecule has 1 aromatic carbocycles. The molecule has 0 spiro atoms. The first-order valence-electron chi connectivity index (χ1n) is 6.51. The molecule has 0 N–H and O–H groups in total. The maximum absolute atomic E-state index is 13.8. The molecule has 0 radical (unpaired) electrons. The Bertz CT molecular complexity index is 773. The van der Waals surface area contributed by atoms with Gasteiger partial charge in [0.05, 0.1) is 17.3 Å². The second kappa shape index (κ2) is 4.41. The summed E-state index contributed by atoms with van der Waals surface area (Å²) in [6, 6.07) is 6.26. The molecule has 1 aromatic rings. The van der Waals surface area contributed by atoms with Gasteiger partial charge in [0.15, 0.2) is 17.3 Å². The number of carbonyl (C=O) groups excluding carboxylic acids is 1. The van der Waals surface area contributed by atoms with E-state index < -0.39 is 11.7 Å². The third-order valence-electron chi connectivity index (χ3n) is 3.57. The highest BCUT2D eigenvalue weighted by Gasteiger charge is 2.33. The largest absolute Gasteiger partial charge is 0.454 e. The summed E-state index contributed by atoms with van der Waals surface area (Å²) in [6.07, 6.45) is 4.75. The monoisotopic (exact) mass is 283 g/mol. The van der Waals surface area contributed by atoms with Crippen molar-refractivity contribution in [2.75, 3.05) is 6.79 Å². The zero-order valence-electron chi connectivity index (χ0n) is 10.9. The quantitative estimate of drug-likeness (QED) is 0.796. The maximum atomic E-state index is 13.8. The molecule has 4 rings (SSSR count). The number of rotatable bonds is 1. The van der Waals surface area contributed by atoms with Gasteiger partial charge in [0.25, 0.3) is 0 Å². The van der Waals surface area contributed by atoms with Crippen molar-refractivity contribution in [3.05, 3.63) is 65.4 Å². The molecular weight excluding hydrogens is 273 g/mol. The average Bonchev–Trinajstić information content (AvgIpc) is 2.93. The van der Waals surface area contributed by atoms with Gasteiger partial charge in [0.1, 0.15) is 5.82 Å². The lowest BCUT2D eigenvalue weighted by molar-refractivity contribution is -0.115. The third-order valence-corrected chi connectivity index (χ3v) is 3.57. The molecule has 21 heavy (non-hydrogen) atoms. The number of hydrogen-bond acceptors (Lipinski definition) is 4. The van der Waals surface area contributed by atoms with E-state index in [0.29, 0.717) is 28.5 Å². The molecule has 1 saturated heterocycles. The molecule has 0 amide bonds. The number of allylic oxidation sites excluding steroid dienone is 3. The first-order chi connectivity index (χ1) is 10.2. The summed E-state index contributed by atoms with van der Waals surface area (Å²) in [5.41, 5.74) is 1.19. The van der Waals surface area contributed by atoms with Crippen LogP contribution < -0.4 is 0 Å². The van der Waals surface area contributed by atoms with Crippen molar-refractivity contribution < 1.29 is 18.7 Å². The normalized spacial score (nSPS) is 22.9. The molecule has 104 valence electrons. The van der Waals surface area contributed by atoms with Crippen LogP contribution in [-0.2, 0) is 14.3 Å². The lowest BCUT2D eigenvalue weighted by atomic mass is 9.89. The van der Waals surface area contributed by atoms with E-state index in [-0.39, 0.29) is 12.6 Å². The molecule has 1 atom stereocenters. The van der Waals surface area contributed by atoms with Crippen LogP contribution in [0.15, 0.2) is 59.0 Å². The molecule has 2 aliphatic heterocycles. The summed E-state index contributed by atoms with van der Waals surface area (Å²) in [4.78, 5) is 16.7. The second-order valence-electron chi connectivity index (χ2n) is 4.87. The molecule has 0 saturated carbocycles. The molecule has 5 heteroatoms. The van der Waals surface area contributed by atoms with E-state index in [2.05, 4.69) is 4.99 Å². The van der Waals surface area contributed by atoms with Gasteiger partial charge in [-0.1, -0.05) is 12.1 Å². The van der Waals surface area contributed by atoms with Gasteiger partial charge in [0, 0.05) is 17.7 Å². The molecule has 0 aromatic heterocycles. The summed E-state index contributed by atoms with van der Waals surface area (Å²) in [7, 11) is 0. The Kier molecular flexibility index (Phi) is 2.54. The molecule has 1 fully saturated rings. The Labute approximate surface area is 119 Å². The van der Waals surface area contributed by atoms with E-state index in [1.807, 2.05) is 0 Å². The number of ether oxygens (including phenoxy) is 2. The highest BCUT2D eigenvalue weighted by molar-refractivity contribution is 6.22. The number of fused-ring (bicyclic) bond motifs is 2. The Balaban J connectivity index is 1.80. The van der Waals surface area contributed by atoms with E-state index in [0.717, 1.165) is 0 Å².